The molecular weight excluding hydrogens is 182 g/mol. The van der Waals surface area contributed by atoms with Gasteiger partial charge in [0.1, 0.15) is 17.1 Å². The highest BCUT2D eigenvalue weighted by Crippen LogP contribution is 2.13. The Balaban J connectivity index is 3.00. The van der Waals surface area contributed by atoms with Crippen molar-refractivity contribution in [3.63, 3.8) is 0 Å². The number of hydrogen-bond donors (Lipinski definition) is 0. The van der Waals surface area contributed by atoms with Crippen LogP contribution >= 0.6 is 0 Å². The minimum absolute atomic E-state index is 0.460. The first-order valence-corrected chi connectivity index (χ1v) is 5.35. The van der Waals surface area contributed by atoms with Crippen LogP contribution in [0.25, 0.3) is 5.57 Å². The van der Waals surface area contributed by atoms with Crippen LogP contribution in [0.1, 0.15) is 5.56 Å². The molecule has 0 amide bonds. The van der Waals surface area contributed by atoms with E-state index in [0.29, 0.717) is 5.57 Å². The summed E-state index contributed by atoms with van der Waals surface area (Å²) in [6, 6.07) is 11.2. The molecule has 0 spiro atoms. The summed E-state index contributed by atoms with van der Waals surface area (Å²) in [7, 11) is 0. The fourth-order valence-electron chi connectivity index (χ4n) is 0.943. The average Bonchev–Trinajstić information content (AvgIpc) is 2.15. The van der Waals surface area contributed by atoms with Gasteiger partial charge in [-0.1, -0.05) is 30.3 Å². The van der Waals surface area contributed by atoms with Crippen molar-refractivity contribution in [1.82, 2.24) is 0 Å². The molecule has 0 aromatic heterocycles. The lowest BCUT2D eigenvalue weighted by atomic mass is 10.1. The number of benzene rings is 1. The van der Waals surface area contributed by atoms with E-state index in [1.54, 1.807) is 6.26 Å². The molecule has 0 aliphatic heterocycles. The molecule has 3 heteroatoms. The molecule has 1 atom stereocenters. The van der Waals surface area contributed by atoms with Gasteiger partial charge in [-0.2, -0.15) is 5.26 Å². The molecule has 0 saturated heterocycles. The molecule has 0 heterocycles. The fraction of sp³-hybridized carbons (Fsp3) is 0.100. The van der Waals surface area contributed by atoms with Crippen molar-refractivity contribution in [1.29, 1.82) is 5.26 Å². The lowest BCUT2D eigenvalue weighted by Crippen LogP contribution is -1.91. The normalized spacial score (nSPS) is 13.5. The molecule has 0 bridgehead atoms. The number of hydrogen-bond acceptors (Lipinski definition) is 2. The number of nitriles is 1. The summed E-state index contributed by atoms with van der Waals surface area (Å²) in [5, 5.41) is 10.2. The standard InChI is InChI=1S/C10H9NOS/c1-13(12)8-10(7-11)9-5-3-2-4-6-9/h2-6,8H,1H3. The van der Waals surface area contributed by atoms with Gasteiger partial charge in [-0.3, -0.25) is 0 Å². The van der Waals surface area contributed by atoms with E-state index in [2.05, 4.69) is 0 Å². The maximum Gasteiger partial charge on any atom is 0.135 e. The molecule has 2 nitrogen and oxygen atoms in total. The van der Waals surface area contributed by atoms with Gasteiger partial charge in [0, 0.05) is 0 Å². The van der Waals surface area contributed by atoms with E-state index in [9.17, 15) is 4.55 Å². The van der Waals surface area contributed by atoms with Gasteiger partial charge in [-0.25, -0.2) is 0 Å². The Morgan fingerprint density at radius 2 is 2.08 bits per heavy atom. The minimum Gasteiger partial charge on any atom is -0.612 e. The minimum atomic E-state index is -1.08. The van der Waals surface area contributed by atoms with Crippen LogP contribution in [0.5, 0.6) is 0 Å². The molecule has 13 heavy (non-hydrogen) atoms. The quantitative estimate of drug-likeness (QED) is 0.529. The van der Waals surface area contributed by atoms with Gasteiger partial charge < -0.3 is 4.55 Å². The molecule has 0 aliphatic carbocycles. The lowest BCUT2D eigenvalue weighted by molar-refractivity contribution is 0.609. The SMILES string of the molecule is C[S+]([O-])C=C(C#N)c1ccccc1. The highest BCUT2D eigenvalue weighted by molar-refractivity contribution is 7.93. The Kier molecular flexibility index (Phi) is 3.56. The number of nitrogens with zero attached hydrogens (tertiary/aromatic N) is 1. The van der Waals surface area contributed by atoms with Crippen LogP contribution < -0.4 is 0 Å². The van der Waals surface area contributed by atoms with E-state index < -0.39 is 11.2 Å². The van der Waals surface area contributed by atoms with Crippen molar-refractivity contribution in [2.24, 2.45) is 0 Å². The van der Waals surface area contributed by atoms with Gasteiger partial charge in [-0.15, -0.1) is 0 Å². The van der Waals surface area contributed by atoms with Gasteiger partial charge in [-0.05, 0) is 16.7 Å². The first kappa shape index (κ1) is 9.85. The summed E-state index contributed by atoms with van der Waals surface area (Å²) in [5.41, 5.74) is 1.27. The molecule has 0 N–H and O–H groups in total. The molecule has 1 aromatic rings. The Labute approximate surface area is 80.7 Å². The van der Waals surface area contributed by atoms with Gasteiger partial charge in [0.05, 0.1) is 6.26 Å². The smallest absolute Gasteiger partial charge is 0.135 e. The monoisotopic (exact) mass is 191 g/mol. The van der Waals surface area contributed by atoms with Gasteiger partial charge >= 0.3 is 0 Å². The van der Waals surface area contributed by atoms with Crippen LogP contribution in [0.3, 0.4) is 0 Å². The summed E-state index contributed by atoms with van der Waals surface area (Å²) in [5.74, 6) is 0. The second kappa shape index (κ2) is 4.70. The first-order chi connectivity index (χ1) is 6.24. The molecule has 1 unspecified atom stereocenters. The van der Waals surface area contributed by atoms with Crippen LogP contribution in [0.2, 0.25) is 0 Å². The highest BCUT2D eigenvalue weighted by atomic mass is 32.2. The van der Waals surface area contributed by atoms with E-state index in [-0.39, 0.29) is 0 Å². The van der Waals surface area contributed by atoms with Crippen molar-refractivity contribution in [3.05, 3.63) is 41.3 Å². The zero-order valence-electron chi connectivity index (χ0n) is 7.23. The second-order valence-electron chi connectivity index (χ2n) is 2.51. The number of allylic oxidation sites excluding steroid dienone is 1. The maximum absolute atomic E-state index is 10.9. The zero-order valence-corrected chi connectivity index (χ0v) is 8.04. The van der Waals surface area contributed by atoms with Crippen LogP contribution in [-0.4, -0.2) is 10.8 Å². The van der Waals surface area contributed by atoms with E-state index >= 15 is 0 Å². The van der Waals surface area contributed by atoms with Crippen molar-refractivity contribution in [2.75, 3.05) is 6.26 Å². The first-order valence-electron chi connectivity index (χ1n) is 3.73. The molecule has 1 aromatic carbocycles. The lowest BCUT2D eigenvalue weighted by Gasteiger charge is -1.99. The molecule has 66 valence electrons. The highest BCUT2D eigenvalue weighted by Gasteiger charge is 2.02. The third kappa shape index (κ3) is 2.94. The predicted octanol–water partition coefficient (Wildman–Crippen LogP) is 1.93. The third-order valence-corrected chi connectivity index (χ3v) is 2.06. The van der Waals surface area contributed by atoms with Crippen molar-refractivity contribution >= 4 is 16.7 Å². The summed E-state index contributed by atoms with van der Waals surface area (Å²) in [6.45, 7) is 0. The largest absolute Gasteiger partial charge is 0.612 e. The fourth-order valence-corrected chi connectivity index (χ4v) is 1.46. The van der Waals surface area contributed by atoms with Crippen molar-refractivity contribution in [2.45, 2.75) is 0 Å². The summed E-state index contributed by atoms with van der Waals surface area (Å²) in [4.78, 5) is 0. The predicted molar refractivity (Wildman–Crippen MR) is 54.1 cm³/mol. The summed E-state index contributed by atoms with van der Waals surface area (Å²) in [6.07, 6.45) is 1.54. The zero-order chi connectivity index (χ0) is 9.68. The molecular formula is C10H9NOS. The summed E-state index contributed by atoms with van der Waals surface area (Å²) < 4.78 is 10.9. The Morgan fingerprint density at radius 3 is 2.54 bits per heavy atom. The third-order valence-electron chi connectivity index (χ3n) is 1.49. The van der Waals surface area contributed by atoms with Gasteiger partial charge in [0.2, 0.25) is 0 Å². The van der Waals surface area contributed by atoms with Crippen LogP contribution in [0.15, 0.2) is 35.7 Å². The number of rotatable bonds is 2. The van der Waals surface area contributed by atoms with E-state index in [0.717, 1.165) is 5.56 Å². The molecule has 0 saturated carbocycles. The maximum atomic E-state index is 10.9. The van der Waals surface area contributed by atoms with Crippen LogP contribution in [0, 0.1) is 11.3 Å². The molecule has 1 rings (SSSR count). The van der Waals surface area contributed by atoms with E-state index in [4.69, 9.17) is 5.26 Å². The Morgan fingerprint density at radius 1 is 1.46 bits per heavy atom. The van der Waals surface area contributed by atoms with Crippen LogP contribution in [0.4, 0.5) is 0 Å². The molecule has 0 fully saturated rings. The van der Waals surface area contributed by atoms with Gasteiger partial charge in [0.25, 0.3) is 0 Å². The topological polar surface area (TPSA) is 46.8 Å². The Hall–Kier alpha value is -1.24. The average molecular weight is 191 g/mol. The Bertz CT molecular complexity index is 338. The van der Waals surface area contributed by atoms with Crippen molar-refractivity contribution < 1.29 is 4.55 Å². The van der Waals surface area contributed by atoms with Crippen molar-refractivity contribution in [3.8, 4) is 6.07 Å². The molecule has 0 aliphatic rings. The van der Waals surface area contributed by atoms with E-state index in [1.165, 1.54) is 5.41 Å². The second-order valence-corrected chi connectivity index (χ2v) is 3.74. The van der Waals surface area contributed by atoms with Gasteiger partial charge in [0.15, 0.2) is 0 Å². The summed E-state index contributed by atoms with van der Waals surface area (Å²) >= 11 is -1.08. The molecule has 0 radical (unpaired) electrons. The van der Waals surface area contributed by atoms with Crippen LogP contribution in [-0.2, 0) is 11.2 Å². The van der Waals surface area contributed by atoms with E-state index in [1.807, 2.05) is 36.4 Å².